The minimum Gasteiger partial charge on any atom is -0.478 e. The van der Waals surface area contributed by atoms with Gasteiger partial charge in [-0.3, -0.25) is 9.55 Å². The summed E-state index contributed by atoms with van der Waals surface area (Å²) in [5.41, 5.74) is 2.09. The molecule has 0 atom stereocenters. The summed E-state index contributed by atoms with van der Waals surface area (Å²) in [6.45, 7) is 1.04. The highest BCUT2D eigenvalue weighted by atomic mass is 19.1. The summed E-state index contributed by atoms with van der Waals surface area (Å²) in [4.78, 5) is 27.9. The lowest BCUT2D eigenvalue weighted by molar-refractivity contribution is 0.0696. The van der Waals surface area contributed by atoms with Gasteiger partial charge in [-0.1, -0.05) is 0 Å². The average Bonchev–Trinajstić information content (AvgIpc) is 3.15. The monoisotopic (exact) mass is 407 g/mol. The first-order valence-corrected chi connectivity index (χ1v) is 9.23. The molecule has 8 heteroatoms. The van der Waals surface area contributed by atoms with Crippen LogP contribution in [0.2, 0.25) is 0 Å². The van der Waals surface area contributed by atoms with Gasteiger partial charge in [0.25, 0.3) is 0 Å². The number of carbonyl (C=O) groups excluding carboxylic acids is 1. The van der Waals surface area contributed by atoms with E-state index in [9.17, 15) is 19.1 Å². The molecule has 2 heterocycles. The van der Waals surface area contributed by atoms with E-state index in [1.54, 1.807) is 61.8 Å². The van der Waals surface area contributed by atoms with E-state index in [0.717, 1.165) is 5.39 Å². The molecule has 0 saturated heterocycles. The van der Waals surface area contributed by atoms with Gasteiger partial charge >= 0.3 is 12.0 Å². The van der Waals surface area contributed by atoms with E-state index in [2.05, 4.69) is 10.3 Å². The lowest BCUT2D eigenvalue weighted by Crippen LogP contribution is -2.29. The van der Waals surface area contributed by atoms with Crippen LogP contribution in [0.3, 0.4) is 0 Å². The molecular formula is C22H18FN3O4. The van der Waals surface area contributed by atoms with E-state index < -0.39 is 18.7 Å². The van der Waals surface area contributed by atoms with Crippen molar-refractivity contribution in [2.24, 2.45) is 0 Å². The molecule has 0 radical (unpaired) electrons. The fourth-order valence-electron chi connectivity index (χ4n) is 3.32. The zero-order valence-electron chi connectivity index (χ0n) is 16.1. The third kappa shape index (κ3) is 3.55. The number of hydrogen-bond acceptors (Lipinski definition) is 4. The maximum absolute atomic E-state index is 12.3. The number of aryl methyl sites for hydroxylation is 1. The maximum Gasteiger partial charge on any atom is 0.335 e. The Bertz CT molecular complexity index is 1280. The van der Waals surface area contributed by atoms with Crippen molar-refractivity contribution in [3.05, 3.63) is 66.0 Å². The minimum absolute atomic E-state index is 0.0490. The van der Waals surface area contributed by atoms with Gasteiger partial charge in [0.1, 0.15) is 18.2 Å². The van der Waals surface area contributed by atoms with E-state index in [0.29, 0.717) is 33.5 Å². The molecule has 4 aromatic rings. The van der Waals surface area contributed by atoms with E-state index in [1.165, 1.54) is 4.57 Å². The number of hydrogen-bond donors (Lipinski definition) is 2. The van der Waals surface area contributed by atoms with Gasteiger partial charge < -0.3 is 15.2 Å². The highest BCUT2D eigenvalue weighted by Crippen LogP contribution is 2.32. The van der Waals surface area contributed by atoms with Crippen LogP contribution in [0.15, 0.2) is 54.9 Å². The Kier molecular flexibility index (Phi) is 5.05. The largest absolute Gasteiger partial charge is 0.478 e. The maximum atomic E-state index is 12.3. The predicted octanol–water partition coefficient (Wildman–Crippen LogP) is 4.52. The highest BCUT2D eigenvalue weighted by Gasteiger charge is 2.14. The summed E-state index contributed by atoms with van der Waals surface area (Å²) in [5, 5.41) is 13.2. The molecule has 0 aliphatic heterocycles. The molecular weight excluding hydrogens is 389 g/mol. The zero-order valence-corrected chi connectivity index (χ0v) is 16.1. The fraction of sp³-hybridized carbons (Fsp3) is 0.136. The number of carboxylic acid groups (broad SMARTS) is 1. The molecule has 2 aromatic heterocycles. The standard InChI is InChI=1S/C22H18FN3O4/c1-13-10-18-17(12-16(13)21(27)28)20(4-7-24-18)30-15-2-3-19-14(11-15)5-9-26(19)22(29)25-8-6-23/h2-5,7,9-12H,6,8H2,1H3,(H,25,29)(H,27,28). The number of nitrogens with zero attached hydrogens (tertiary/aromatic N) is 2. The molecule has 7 nitrogen and oxygen atoms in total. The molecule has 0 unspecified atom stereocenters. The summed E-state index contributed by atoms with van der Waals surface area (Å²) in [5.74, 6) is -0.0191. The molecule has 0 spiro atoms. The number of carboxylic acids is 1. The number of halogens is 1. The number of fused-ring (bicyclic) bond motifs is 2. The van der Waals surface area contributed by atoms with Crippen LogP contribution in [-0.4, -0.2) is 39.9 Å². The van der Waals surface area contributed by atoms with E-state index in [1.807, 2.05) is 0 Å². The van der Waals surface area contributed by atoms with Crippen molar-refractivity contribution in [2.75, 3.05) is 13.2 Å². The summed E-state index contributed by atoms with van der Waals surface area (Å²) >= 11 is 0. The zero-order chi connectivity index (χ0) is 21.3. The van der Waals surface area contributed by atoms with Gasteiger partial charge in [0, 0.05) is 29.7 Å². The lowest BCUT2D eigenvalue weighted by Gasteiger charge is -2.11. The number of pyridine rings is 1. The number of nitrogens with one attached hydrogen (secondary N) is 1. The van der Waals surface area contributed by atoms with Gasteiger partial charge in [0.15, 0.2) is 0 Å². The summed E-state index contributed by atoms with van der Waals surface area (Å²) in [6, 6.07) is 11.5. The van der Waals surface area contributed by atoms with Crippen LogP contribution in [0.5, 0.6) is 11.5 Å². The normalized spacial score (nSPS) is 11.0. The molecule has 0 fully saturated rings. The quantitative estimate of drug-likeness (QED) is 0.508. The van der Waals surface area contributed by atoms with Gasteiger partial charge in [0.2, 0.25) is 0 Å². The Morgan fingerprint density at radius 3 is 2.80 bits per heavy atom. The molecule has 2 aromatic carbocycles. The highest BCUT2D eigenvalue weighted by molar-refractivity contribution is 5.97. The third-order valence-electron chi connectivity index (χ3n) is 4.76. The molecule has 0 aliphatic rings. The smallest absolute Gasteiger partial charge is 0.335 e. The van der Waals surface area contributed by atoms with Crippen molar-refractivity contribution < 1.29 is 23.8 Å². The number of rotatable bonds is 5. The first-order chi connectivity index (χ1) is 14.5. The van der Waals surface area contributed by atoms with Crippen LogP contribution >= 0.6 is 0 Å². The molecule has 0 saturated carbocycles. The van der Waals surface area contributed by atoms with Crippen molar-refractivity contribution >= 4 is 33.8 Å². The summed E-state index contributed by atoms with van der Waals surface area (Å²) in [7, 11) is 0. The van der Waals surface area contributed by atoms with Crippen molar-refractivity contribution in [1.29, 1.82) is 0 Å². The summed E-state index contributed by atoms with van der Waals surface area (Å²) in [6.07, 6.45) is 3.20. The minimum atomic E-state index is -1.02. The Morgan fingerprint density at radius 1 is 1.20 bits per heavy atom. The number of amides is 1. The van der Waals surface area contributed by atoms with Crippen molar-refractivity contribution in [1.82, 2.24) is 14.9 Å². The van der Waals surface area contributed by atoms with Gasteiger partial charge in [-0.2, -0.15) is 0 Å². The lowest BCUT2D eigenvalue weighted by atomic mass is 10.0. The van der Waals surface area contributed by atoms with Crippen LogP contribution in [0.25, 0.3) is 21.8 Å². The number of benzene rings is 2. The topological polar surface area (TPSA) is 93.5 Å². The van der Waals surface area contributed by atoms with Crippen molar-refractivity contribution in [2.45, 2.75) is 6.92 Å². The Hall–Kier alpha value is -3.94. The first-order valence-electron chi connectivity index (χ1n) is 9.23. The number of aromatic carboxylic acids is 1. The average molecular weight is 407 g/mol. The molecule has 152 valence electrons. The van der Waals surface area contributed by atoms with E-state index >= 15 is 0 Å². The van der Waals surface area contributed by atoms with Crippen LogP contribution in [0.4, 0.5) is 9.18 Å². The van der Waals surface area contributed by atoms with Crippen LogP contribution in [0, 0.1) is 6.92 Å². The van der Waals surface area contributed by atoms with E-state index in [-0.39, 0.29) is 12.1 Å². The molecule has 0 aliphatic carbocycles. The second-order valence-electron chi connectivity index (χ2n) is 6.73. The number of carbonyl (C=O) groups is 2. The molecule has 4 rings (SSSR count). The third-order valence-corrected chi connectivity index (χ3v) is 4.76. The second-order valence-corrected chi connectivity index (χ2v) is 6.73. The Balaban J connectivity index is 1.69. The number of alkyl halides is 1. The summed E-state index contributed by atoms with van der Waals surface area (Å²) < 4.78 is 19.7. The predicted molar refractivity (Wildman–Crippen MR) is 110 cm³/mol. The molecule has 1 amide bonds. The van der Waals surface area contributed by atoms with E-state index in [4.69, 9.17) is 4.74 Å². The Labute approximate surface area is 170 Å². The SMILES string of the molecule is Cc1cc2nccc(Oc3ccc4c(ccn4C(=O)NCCF)c3)c2cc1C(=O)O. The van der Waals surface area contributed by atoms with Gasteiger partial charge in [-0.25, -0.2) is 14.0 Å². The molecule has 30 heavy (non-hydrogen) atoms. The van der Waals surface area contributed by atoms with Gasteiger partial charge in [0.05, 0.1) is 16.6 Å². The van der Waals surface area contributed by atoms with Gasteiger partial charge in [-0.05, 0) is 55.0 Å². The van der Waals surface area contributed by atoms with Crippen molar-refractivity contribution in [3.63, 3.8) is 0 Å². The molecule has 0 bridgehead atoms. The number of ether oxygens (including phenoxy) is 1. The Morgan fingerprint density at radius 2 is 2.03 bits per heavy atom. The van der Waals surface area contributed by atoms with Gasteiger partial charge in [-0.15, -0.1) is 0 Å². The van der Waals surface area contributed by atoms with Crippen LogP contribution in [0.1, 0.15) is 15.9 Å². The number of aromatic nitrogens is 2. The fourth-order valence-corrected chi connectivity index (χ4v) is 3.32. The van der Waals surface area contributed by atoms with Crippen molar-refractivity contribution in [3.8, 4) is 11.5 Å². The van der Waals surface area contributed by atoms with Crippen LogP contribution in [-0.2, 0) is 0 Å². The van der Waals surface area contributed by atoms with Crippen LogP contribution < -0.4 is 10.1 Å². The second kappa shape index (κ2) is 7.82. The molecule has 2 N–H and O–H groups in total. The first kappa shape index (κ1) is 19.4.